The van der Waals surface area contributed by atoms with Crippen LogP contribution >= 0.6 is 0 Å². The van der Waals surface area contributed by atoms with Gasteiger partial charge in [0.25, 0.3) is 0 Å². The van der Waals surface area contributed by atoms with Crippen molar-refractivity contribution in [2.45, 2.75) is 20.8 Å². The summed E-state index contributed by atoms with van der Waals surface area (Å²) in [5.41, 5.74) is 10.5. The first-order valence-corrected chi connectivity index (χ1v) is 6.50. The van der Waals surface area contributed by atoms with Crippen molar-refractivity contribution in [3.63, 3.8) is 0 Å². The molecular weight excluding hydrogens is 250 g/mol. The molecule has 0 spiro atoms. The molecule has 0 aliphatic heterocycles. The van der Waals surface area contributed by atoms with Gasteiger partial charge in [0.2, 0.25) is 0 Å². The van der Waals surface area contributed by atoms with Crippen molar-refractivity contribution in [3.8, 4) is 5.75 Å². The fourth-order valence-corrected chi connectivity index (χ4v) is 2.30. The van der Waals surface area contributed by atoms with Gasteiger partial charge in [0.05, 0.1) is 7.11 Å². The number of nitrogens with two attached hydrogens (primary N) is 1. The second-order valence-corrected chi connectivity index (χ2v) is 4.99. The van der Waals surface area contributed by atoms with Gasteiger partial charge in [-0.2, -0.15) is 0 Å². The van der Waals surface area contributed by atoms with Crippen LogP contribution in [-0.4, -0.2) is 12.9 Å². The lowest BCUT2D eigenvalue weighted by Gasteiger charge is -2.12. The van der Waals surface area contributed by atoms with Crippen molar-refractivity contribution in [2.24, 2.45) is 0 Å². The largest absolute Gasteiger partial charge is 0.496 e. The number of ether oxygens (including phenoxy) is 1. The Hall–Kier alpha value is -2.29. The number of hydrogen-bond acceptors (Lipinski definition) is 3. The van der Waals surface area contributed by atoms with Gasteiger partial charge in [0.1, 0.15) is 5.75 Å². The molecule has 2 aromatic rings. The van der Waals surface area contributed by atoms with Crippen molar-refractivity contribution in [3.05, 3.63) is 58.1 Å². The highest BCUT2D eigenvalue weighted by atomic mass is 16.5. The smallest absolute Gasteiger partial charge is 0.193 e. The number of carbonyl (C=O) groups excluding carboxylic acids is 1. The maximum absolute atomic E-state index is 12.7. The molecule has 0 unspecified atom stereocenters. The number of ketones is 1. The summed E-state index contributed by atoms with van der Waals surface area (Å²) in [5.74, 6) is 0.793. The fourth-order valence-electron chi connectivity index (χ4n) is 2.30. The zero-order valence-electron chi connectivity index (χ0n) is 12.3. The summed E-state index contributed by atoms with van der Waals surface area (Å²) in [6.07, 6.45) is 0. The van der Waals surface area contributed by atoms with E-state index in [4.69, 9.17) is 10.5 Å². The average Bonchev–Trinajstić information content (AvgIpc) is 2.43. The van der Waals surface area contributed by atoms with E-state index in [2.05, 4.69) is 0 Å². The van der Waals surface area contributed by atoms with Gasteiger partial charge in [-0.1, -0.05) is 12.1 Å². The molecule has 3 nitrogen and oxygen atoms in total. The highest BCUT2D eigenvalue weighted by Crippen LogP contribution is 2.26. The fraction of sp³-hybridized carbons (Fsp3) is 0.235. The van der Waals surface area contributed by atoms with Gasteiger partial charge in [-0.15, -0.1) is 0 Å². The Balaban J connectivity index is 2.54. The van der Waals surface area contributed by atoms with E-state index >= 15 is 0 Å². The van der Waals surface area contributed by atoms with Gasteiger partial charge in [-0.25, -0.2) is 0 Å². The van der Waals surface area contributed by atoms with E-state index in [1.807, 2.05) is 39.0 Å². The number of anilines is 1. The summed E-state index contributed by atoms with van der Waals surface area (Å²) in [5, 5.41) is 0. The molecule has 0 saturated heterocycles. The van der Waals surface area contributed by atoms with Crippen LogP contribution in [0.4, 0.5) is 5.69 Å². The monoisotopic (exact) mass is 269 g/mol. The molecule has 3 heteroatoms. The number of carbonyl (C=O) groups is 1. The zero-order valence-corrected chi connectivity index (χ0v) is 12.3. The number of benzene rings is 2. The minimum absolute atomic E-state index is 0.00180. The lowest BCUT2D eigenvalue weighted by Crippen LogP contribution is -2.08. The molecule has 0 aliphatic carbocycles. The van der Waals surface area contributed by atoms with Crippen LogP contribution in [0, 0.1) is 20.8 Å². The molecule has 0 bridgehead atoms. The first-order valence-electron chi connectivity index (χ1n) is 6.50. The first kappa shape index (κ1) is 14.1. The molecule has 0 aromatic heterocycles. The zero-order chi connectivity index (χ0) is 14.9. The Kier molecular flexibility index (Phi) is 3.79. The van der Waals surface area contributed by atoms with Crippen LogP contribution in [0.5, 0.6) is 5.75 Å². The third kappa shape index (κ3) is 2.39. The van der Waals surface area contributed by atoms with Crippen molar-refractivity contribution in [1.29, 1.82) is 0 Å². The van der Waals surface area contributed by atoms with E-state index in [9.17, 15) is 4.79 Å². The van der Waals surface area contributed by atoms with E-state index in [0.29, 0.717) is 16.8 Å². The van der Waals surface area contributed by atoms with Gasteiger partial charge in [0.15, 0.2) is 5.78 Å². The van der Waals surface area contributed by atoms with Gasteiger partial charge in [-0.05, 0) is 55.7 Å². The second-order valence-electron chi connectivity index (χ2n) is 4.99. The summed E-state index contributed by atoms with van der Waals surface area (Å²) < 4.78 is 5.28. The molecule has 2 N–H and O–H groups in total. The average molecular weight is 269 g/mol. The molecule has 2 rings (SSSR count). The molecule has 0 saturated carbocycles. The third-order valence-corrected chi connectivity index (χ3v) is 3.61. The Morgan fingerprint density at radius 2 is 1.75 bits per heavy atom. The van der Waals surface area contributed by atoms with Crippen LogP contribution < -0.4 is 10.5 Å². The van der Waals surface area contributed by atoms with Crippen LogP contribution in [0.1, 0.15) is 32.6 Å². The Labute approximate surface area is 119 Å². The van der Waals surface area contributed by atoms with E-state index < -0.39 is 0 Å². The normalized spacial score (nSPS) is 10.4. The van der Waals surface area contributed by atoms with Crippen molar-refractivity contribution in [2.75, 3.05) is 12.8 Å². The number of nitrogen functional groups attached to an aromatic ring is 1. The van der Waals surface area contributed by atoms with Gasteiger partial charge in [0, 0.05) is 16.8 Å². The molecule has 0 aliphatic rings. The van der Waals surface area contributed by atoms with E-state index in [1.54, 1.807) is 19.2 Å². The topological polar surface area (TPSA) is 52.3 Å². The van der Waals surface area contributed by atoms with Crippen molar-refractivity contribution < 1.29 is 9.53 Å². The van der Waals surface area contributed by atoms with E-state index in [1.165, 1.54) is 0 Å². The minimum atomic E-state index is -0.00180. The van der Waals surface area contributed by atoms with Crippen LogP contribution in [0.2, 0.25) is 0 Å². The molecule has 0 fully saturated rings. The van der Waals surface area contributed by atoms with Gasteiger partial charge in [-0.3, -0.25) is 4.79 Å². The predicted molar refractivity (Wildman–Crippen MR) is 81.5 cm³/mol. The Morgan fingerprint density at radius 3 is 2.40 bits per heavy atom. The molecule has 0 amide bonds. The first-order chi connectivity index (χ1) is 9.45. The van der Waals surface area contributed by atoms with Crippen molar-refractivity contribution in [1.82, 2.24) is 0 Å². The highest BCUT2D eigenvalue weighted by Gasteiger charge is 2.16. The summed E-state index contributed by atoms with van der Waals surface area (Å²) in [4.78, 5) is 12.7. The third-order valence-electron chi connectivity index (χ3n) is 3.61. The molecule has 0 heterocycles. The summed E-state index contributed by atoms with van der Waals surface area (Å²) in [7, 11) is 1.63. The van der Waals surface area contributed by atoms with Crippen molar-refractivity contribution >= 4 is 11.5 Å². The quantitative estimate of drug-likeness (QED) is 0.686. The van der Waals surface area contributed by atoms with Crippen LogP contribution in [-0.2, 0) is 0 Å². The van der Waals surface area contributed by atoms with E-state index in [0.717, 1.165) is 22.4 Å². The SMILES string of the molecule is COc1cc(C)c(C(=O)c2cccc(N)c2C)cc1C. The van der Waals surface area contributed by atoms with Crippen LogP contribution in [0.25, 0.3) is 0 Å². The summed E-state index contributed by atoms with van der Waals surface area (Å²) in [6.45, 7) is 5.71. The standard InChI is InChI=1S/C17H19NO2/c1-10-9-16(20-4)11(2)8-14(10)17(19)13-6-5-7-15(18)12(13)3/h5-9H,18H2,1-4H3. The predicted octanol–water partition coefficient (Wildman–Crippen LogP) is 3.43. The number of methoxy groups -OCH3 is 1. The van der Waals surface area contributed by atoms with Crippen LogP contribution in [0.15, 0.2) is 30.3 Å². The maximum Gasteiger partial charge on any atom is 0.193 e. The molecular formula is C17H19NO2. The van der Waals surface area contributed by atoms with Gasteiger partial charge < -0.3 is 10.5 Å². The summed E-state index contributed by atoms with van der Waals surface area (Å²) in [6, 6.07) is 9.19. The molecule has 104 valence electrons. The van der Waals surface area contributed by atoms with Crippen LogP contribution in [0.3, 0.4) is 0 Å². The molecule has 20 heavy (non-hydrogen) atoms. The molecule has 0 atom stereocenters. The van der Waals surface area contributed by atoms with Gasteiger partial charge >= 0.3 is 0 Å². The van der Waals surface area contributed by atoms with E-state index in [-0.39, 0.29) is 5.78 Å². The second kappa shape index (κ2) is 5.37. The minimum Gasteiger partial charge on any atom is -0.496 e. The lowest BCUT2D eigenvalue weighted by molar-refractivity contribution is 0.103. The number of hydrogen-bond donors (Lipinski definition) is 1. The number of rotatable bonds is 3. The summed E-state index contributed by atoms with van der Waals surface area (Å²) >= 11 is 0. The highest BCUT2D eigenvalue weighted by molar-refractivity contribution is 6.11. The lowest BCUT2D eigenvalue weighted by atomic mass is 9.94. The Bertz CT molecular complexity index is 675. The Morgan fingerprint density at radius 1 is 1.05 bits per heavy atom. The molecule has 2 aromatic carbocycles. The molecule has 0 radical (unpaired) electrons. The number of aryl methyl sites for hydroxylation is 2. The maximum atomic E-state index is 12.7.